The summed E-state index contributed by atoms with van der Waals surface area (Å²) in [5, 5.41) is 9.97. The van der Waals surface area contributed by atoms with Crippen LogP contribution in [0.15, 0.2) is 48.5 Å². The van der Waals surface area contributed by atoms with Crippen LogP contribution in [0.2, 0.25) is 5.02 Å². The van der Waals surface area contributed by atoms with E-state index < -0.39 is 36.2 Å². The number of ether oxygens (including phenoxy) is 1. The fourth-order valence-corrected chi connectivity index (χ4v) is 3.93. The lowest BCUT2D eigenvalue weighted by molar-refractivity contribution is -0.144. The van der Waals surface area contributed by atoms with Gasteiger partial charge in [-0.2, -0.15) is 0 Å². The van der Waals surface area contributed by atoms with Crippen molar-refractivity contribution in [3.8, 4) is 0 Å². The summed E-state index contributed by atoms with van der Waals surface area (Å²) >= 11 is 6.04. The summed E-state index contributed by atoms with van der Waals surface area (Å²) in [7, 11) is 0. The van der Waals surface area contributed by atoms with Gasteiger partial charge in [-0.25, -0.2) is 4.79 Å². The number of halogens is 1. The summed E-state index contributed by atoms with van der Waals surface area (Å²) in [4.78, 5) is 40.6. The fourth-order valence-electron chi connectivity index (χ4n) is 3.72. The predicted molar refractivity (Wildman–Crippen MR) is 122 cm³/mol. The second-order valence-corrected chi connectivity index (χ2v) is 9.17. The molecule has 7 nitrogen and oxygen atoms in total. The van der Waals surface area contributed by atoms with Crippen LogP contribution in [-0.2, 0) is 27.2 Å². The number of hydrogen-bond acceptors (Lipinski definition) is 4. The SMILES string of the molecule is CC(C)(C)OC(=O)N1c2ccccc2C[C@@H]1C(=O)N(CCc1cccc(Cl)c1)CC(=O)O. The molecule has 0 aliphatic carbocycles. The van der Waals surface area contributed by atoms with Gasteiger partial charge >= 0.3 is 12.1 Å². The van der Waals surface area contributed by atoms with Gasteiger partial charge in [-0.15, -0.1) is 0 Å². The molecule has 0 saturated carbocycles. The summed E-state index contributed by atoms with van der Waals surface area (Å²) in [6.07, 6.45) is 0.0960. The molecule has 1 atom stereocenters. The number of aliphatic carboxylic acids is 1. The molecule has 1 aliphatic heterocycles. The third kappa shape index (κ3) is 5.79. The third-order valence-electron chi connectivity index (χ3n) is 5.05. The first-order valence-corrected chi connectivity index (χ1v) is 10.8. The van der Waals surface area contributed by atoms with E-state index in [0.29, 0.717) is 23.6 Å². The highest BCUT2D eigenvalue weighted by Crippen LogP contribution is 2.34. The Hall–Kier alpha value is -3.06. The maximum Gasteiger partial charge on any atom is 0.415 e. The van der Waals surface area contributed by atoms with Crippen molar-refractivity contribution in [2.45, 2.75) is 45.3 Å². The van der Waals surface area contributed by atoms with Crippen molar-refractivity contribution in [3.05, 3.63) is 64.7 Å². The third-order valence-corrected chi connectivity index (χ3v) is 5.28. The highest BCUT2D eigenvalue weighted by molar-refractivity contribution is 6.30. The molecule has 0 fully saturated rings. The quantitative estimate of drug-likeness (QED) is 0.702. The smallest absolute Gasteiger partial charge is 0.415 e. The Balaban J connectivity index is 1.86. The molecule has 0 bridgehead atoms. The number of anilines is 1. The molecular formula is C24H27ClN2O5. The number of carboxylic acids is 1. The predicted octanol–water partition coefficient (Wildman–Crippen LogP) is 4.16. The van der Waals surface area contributed by atoms with Gasteiger partial charge in [-0.05, 0) is 56.5 Å². The van der Waals surface area contributed by atoms with Crippen LogP contribution in [0.1, 0.15) is 31.9 Å². The van der Waals surface area contributed by atoms with E-state index in [0.717, 1.165) is 11.1 Å². The number of carbonyl (C=O) groups excluding carboxylic acids is 2. The molecule has 170 valence electrons. The van der Waals surface area contributed by atoms with Crippen LogP contribution in [0.25, 0.3) is 0 Å². The number of para-hydroxylation sites is 1. The first-order valence-electron chi connectivity index (χ1n) is 10.4. The Bertz CT molecular complexity index is 1020. The Morgan fingerprint density at radius 3 is 2.53 bits per heavy atom. The molecular weight excluding hydrogens is 432 g/mol. The molecule has 0 aromatic heterocycles. The fraction of sp³-hybridized carbons (Fsp3) is 0.375. The Morgan fingerprint density at radius 2 is 1.88 bits per heavy atom. The van der Waals surface area contributed by atoms with E-state index in [2.05, 4.69) is 0 Å². The van der Waals surface area contributed by atoms with Gasteiger partial charge in [0.15, 0.2) is 0 Å². The molecule has 2 aromatic carbocycles. The molecule has 2 amide bonds. The number of amides is 2. The maximum absolute atomic E-state index is 13.5. The minimum absolute atomic E-state index is 0.181. The standard InChI is InChI=1S/C24H27ClN2O5/c1-24(2,3)32-23(31)27-19-10-5-4-8-17(19)14-20(27)22(30)26(15-21(28)29)12-11-16-7-6-9-18(25)13-16/h4-10,13,20H,11-12,14-15H2,1-3H3,(H,28,29)/t20-/m1/s1. The first-order chi connectivity index (χ1) is 15.0. The van der Waals surface area contributed by atoms with Crippen molar-refractivity contribution in [2.75, 3.05) is 18.0 Å². The van der Waals surface area contributed by atoms with E-state index >= 15 is 0 Å². The van der Waals surface area contributed by atoms with E-state index in [4.69, 9.17) is 16.3 Å². The van der Waals surface area contributed by atoms with Crippen LogP contribution in [0.5, 0.6) is 0 Å². The van der Waals surface area contributed by atoms with Gasteiger partial charge in [0.25, 0.3) is 0 Å². The van der Waals surface area contributed by atoms with E-state index in [1.165, 1.54) is 9.80 Å². The molecule has 2 aromatic rings. The molecule has 1 N–H and O–H groups in total. The van der Waals surface area contributed by atoms with Crippen molar-refractivity contribution in [2.24, 2.45) is 0 Å². The molecule has 0 unspecified atom stereocenters. The lowest BCUT2D eigenvalue weighted by Gasteiger charge is -2.31. The molecule has 32 heavy (non-hydrogen) atoms. The van der Waals surface area contributed by atoms with Crippen molar-refractivity contribution < 1.29 is 24.2 Å². The molecule has 0 spiro atoms. The summed E-state index contributed by atoms with van der Waals surface area (Å²) in [6, 6.07) is 13.6. The normalized spacial score (nSPS) is 15.2. The second kappa shape index (κ2) is 9.61. The summed E-state index contributed by atoms with van der Waals surface area (Å²) in [5.41, 5.74) is 1.58. The first kappa shape index (κ1) is 23.6. The largest absolute Gasteiger partial charge is 0.480 e. The van der Waals surface area contributed by atoms with Gasteiger partial charge < -0.3 is 14.7 Å². The number of hydrogen-bond donors (Lipinski definition) is 1. The zero-order valence-electron chi connectivity index (χ0n) is 18.4. The van der Waals surface area contributed by atoms with Crippen molar-refractivity contribution in [3.63, 3.8) is 0 Å². The Kier molecular flexibility index (Phi) is 7.09. The number of carbonyl (C=O) groups is 3. The highest BCUT2D eigenvalue weighted by atomic mass is 35.5. The van der Waals surface area contributed by atoms with Crippen molar-refractivity contribution >= 4 is 35.3 Å². The minimum atomic E-state index is -1.12. The van der Waals surface area contributed by atoms with Crippen molar-refractivity contribution in [1.82, 2.24) is 4.90 Å². The minimum Gasteiger partial charge on any atom is -0.480 e. The van der Waals surface area contributed by atoms with E-state index in [1.54, 1.807) is 51.1 Å². The molecule has 1 aliphatic rings. The van der Waals surface area contributed by atoms with Crippen LogP contribution in [0.4, 0.5) is 10.5 Å². The number of rotatable bonds is 6. The summed E-state index contributed by atoms with van der Waals surface area (Å²) in [5.74, 6) is -1.56. The molecule has 1 heterocycles. The van der Waals surface area contributed by atoms with Gasteiger partial charge in [0.1, 0.15) is 18.2 Å². The summed E-state index contributed by atoms with van der Waals surface area (Å²) < 4.78 is 5.55. The second-order valence-electron chi connectivity index (χ2n) is 8.73. The Labute approximate surface area is 192 Å². The number of carboxylic acid groups (broad SMARTS) is 1. The lowest BCUT2D eigenvalue weighted by Crippen LogP contribution is -2.52. The number of fused-ring (bicyclic) bond motifs is 1. The monoisotopic (exact) mass is 458 g/mol. The van der Waals surface area contributed by atoms with Gasteiger partial charge in [-0.1, -0.05) is 41.9 Å². The van der Waals surface area contributed by atoms with E-state index in [1.807, 2.05) is 18.2 Å². The topological polar surface area (TPSA) is 87.2 Å². The van der Waals surface area contributed by atoms with Gasteiger partial charge in [0.2, 0.25) is 5.91 Å². The van der Waals surface area contributed by atoms with Crippen molar-refractivity contribution in [1.29, 1.82) is 0 Å². The average Bonchev–Trinajstić information content (AvgIpc) is 3.09. The van der Waals surface area contributed by atoms with Crippen LogP contribution >= 0.6 is 11.6 Å². The molecule has 3 rings (SSSR count). The number of benzene rings is 2. The maximum atomic E-state index is 13.5. The Morgan fingerprint density at radius 1 is 1.16 bits per heavy atom. The van der Waals surface area contributed by atoms with Crippen LogP contribution in [0.3, 0.4) is 0 Å². The van der Waals surface area contributed by atoms with Crippen LogP contribution in [-0.4, -0.2) is 52.7 Å². The van der Waals surface area contributed by atoms with Gasteiger partial charge in [0, 0.05) is 18.0 Å². The summed E-state index contributed by atoms with van der Waals surface area (Å²) in [6.45, 7) is 4.98. The molecule has 0 radical (unpaired) electrons. The lowest BCUT2D eigenvalue weighted by atomic mass is 10.1. The van der Waals surface area contributed by atoms with Gasteiger partial charge in [0.05, 0.1) is 5.69 Å². The van der Waals surface area contributed by atoms with E-state index in [9.17, 15) is 19.5 Å². The van der Waals surface area contributed by atoms with Crippen LogP contribution < -0.4 is 4.90 Å². The average molecular weight is 459 g/mol. The molecule has 8 heteroatoms. The molecule has 0 saturated heterocycles. The zero-order valence-corrected chi connectivity index (χ0v) is 19.1. The van der Waals surface area contributed by atoms with Crippen LogP contribution in [0, 0.1) is 0 Å². The zero-order chi connectivity index (χ0) is 23.5. The number of nitrogens with zero attached hydrogens (tertiary/aromatic N) is 2. The van der Waals surface area contributed by atoms with E-state index in [-0.39, 0.29) is 6.54 Å². The van der Waals surface area contributed by atoms with Gasteiger partial charge in [-0.3, -0.25) is 14.5 Å². The highest BCUT2D eigenvalue weighted by Gasteiger charge is 2.42.